The monoisotopic (exact) mass is 382 g/mol. The van der Waals surface area contributed by atoms with Crippen molar-refractivity contribution >= 4 is 26.0 Å². The highest BCUT2D eigenvalue weighted by molar-refractivity contribution is 9.10. The van der Waals surface area contributed by atoms with Crippen molar-refractivity contribution in [2.45, 2.75) is 30.7 Å². The van der Waals surface area contributed by atoms with E-state index in [0.717, 1.165) is 12.5 Å². The lowest BCUT2D eigenvalue weighted by Crippen LogP contribution is -2.47. The van der Waals surface area contributed by atoms with Gasteiger partial charge >= 0.3 is 0 Å². The van der Waals surface area contributed by atoms with Gasteiger partial charge in [0.2, 0.25) is 10.0 Å². The van der Waals surface area contributed by atoms with Gasteiger partial charge in [0.1, 0.15) is 16.5 Å². The van der Waals surface area contributed by atoms with Crippen LogP contribution < -0.4 is 5.73 Å². The summed E-state index contributed by atoms with van der Waals surface area (Å²) in [6.07, 6.45) is 1.51. The Hall–Kier alpha value is -0.570. The smallest absolute Gasteiger partial charge is 0.247 e. The molecule has 4 nitrogen and oxygen atoms in total. The number of sulfonamides is 1. The molecule has 1 heterocycles. The van der Waals surface area contributed by atoms with Crippen LogP contribution in [0.5, 0.6) is 0 Å². The Morgan fingerprint density at radius 2 is 2.05 bits per heavy atom. The molecule has 1 aromatic carbocycles. The van der Waals surface area contributed by atoms with Crippen molar-refractivity contribution in [2.24, 2.45) is 11.7 Å². The Bertz CT molecular complexity index is 616. The van der Waals surface area contributed by atoms with E-state index in [-0.39, 0.29) is 23.0 Å². The molecular formula is C13H17BrF2N2O2S. The summed E-state index contributed by atoms with van der Waals surface area (Å²) in [5.74, 6) is -1.87. The minimum absolute atomic E-state index is 0.0539. The van der Waals surface area contributed by atoms with Crippen molar-refractivity contribution < 1.29 is 17.2 Å². The summed E-state index contributed by atoms with van der Waals surface area (Å²) < 4.78 is 53.7. The van der Waals surface area contributed by atoms with Gasteiger partial charge in [-0.05, 0) is 54.2 Å². The highest BCUT2D eigenvalue weighted by atomic mass is 79.9. The van der Waals surface area contributed by atoms with Gasteiger partial charge in [0.25, 0.3) is 0 Å². The van der Waals surface area contributed by atoms with Gasteiger partial charge in [0, 0.05) is 23.1 Å². The maximum atomic E-state index is 14.0. The second-order valence-corrected chi connectivity index (χ2v) is 7.98. The molecule has 2 atom stereocenters. The molecule has 0 amide bonds. The Kier molecular flexibility index (Phi) is 5.02. The van der Waals surface area contributed by atoms with E-state index < -0.39 is 26.6 Å². The first-order chi connectivity index (χ1) is 9.77. The number of hydrogen-bond acceptors (Lipinski definition) is 3. The standard InChI is InChI=1S/C13H17BrF2N2O2S/c1-8-2-3-9(6-17)7-18(8)21(19,20)13-11(14)4-10(15)5-12(13)16/h4-5,8-9H,2-3,6-7,17H2,1H3. The first kappa shape index (κ1) is 16.8. The topological polar surface area (TPSA) is 63.4 Å². The van der Waals surface area contributed by atoms with Crippen LogP contribution in [-0.4, -0.2) is 31.9 Å². The van der Waals surface area contributed by atoms with E-state index >= 15 is 0 Å². The normalized spacial score (nSPS) is 24.2. The SMILES string of the molecule is CC1CCC(CN)CN1S(=O)(=O)c1c(F)cc(F)cc1Br. The maximum Gasteiger partial charge on any atom is 0.247 e. The van der Waals surface area contributed by atoms with Crippen LogP contribution in [0.3, 0.4) is 0 Å². The largest absolute Gasteiger partial charge is 0.330 e. The molecule has 1 aromatic rings. The van der Waals surface area contributed by atoms with Crippen LogP contribution in [-0.2, 0) is 10.0 Å². The number of hydrogen-bond donors (Lipinski definition) is 1. The Balaban J connectivity index is 2.46. The van der Waals surface area contributed by atoms with Crippen LogP contribution in [0.1, 0.15) is 19.8 Å². The van der Waals surface area contributed by atoms with Crippen molar-refractivity contribution in [3.8, 4) is 0 Å². The molecule has 8 heteroatoms. The summed E-state index contributed by atoms with van der Waals surface area (Å²) in [6.45, 7) is 2.41. The minimum atomic E-state index is -4.04. The van der Waals surface area contributed by atoms with Gasteiger partial charge in [-0.25, -0.2) is 17.2 Å². The predicted molar refractivity (Wildman–Crippen MR) is 79.2 cm³/mol. The minimum Gasteiger partial charge on any atom is -0.330 e. The van der Waals surface area contributed by atoms with E-state index in [0.29, 0.717) is 19.0 Å². The van der Waals surface area contributed by atoms with Crippen LogP contribution in [0.25, 0.3) is 0 Å². The van der Waals surface area contributed by atoms with Gasteiger partial charge in [-0.15, -0.1) is 0 Å². The van der Waals surface area contributed by atoms with E-state index in [1.165, 1.54) is 4.31 Å². The van der Waals surface area contributed by atoms with Crippen LogP contribution >= 0.6 is 15.9 Å². The fraction of sp³-hybridized carbons (Fsp3) is 0.538. The quantitative estimate of drug-likeness (QED) is 0.873. The lowest BCUT2D eigenvalue weighted by molar-refractivity contribution is 0.210. The van der Waals surface area contributed by atoms with Crippen LogP contribution in [0.4, 0.5) is 8.78 Å². The summed E-state index contributed by atoms with van der Waals surface area (Å²) in [5.41, 5.74) is 5.62. The van der Waals surface area contributed by atoms with Crippen molar-refractivity contribution in [1.82, 2.24) is 4.31 Å². The molecule has 21 heavy (non-hydrogen) atoms. The third kappa shape index (κ3) is 3.28. The Morgan fingerprint density at radius 3 is 2.62 bits per heavy atom. The molecule has 0 saturated carbocycles. The van der Waals surface area contributed by atoms with Gasteiger partial charge in [-0.1, -0.05) is 0 Å². The van der Waals surface area contributed by atoms with Crippen molar-refractivity contribution in [1.29, 1.82) is 0 Å². The molecule has 1 saturated heterocycles. The highest BCUT2D eigenvalue weighted by Gasteiger charge is 2.37. The first-order valence-electron chi connectivity index (χ1n) is 6.63. The zero-order valence-electron chi connectivity index (χ0n) is 11.5. The molecule has 0 radical (unpaired) electrons. The molecule has 1 aliphatic heterocycles. The lowest BCUT2D eigenvalue weighted by atomic mass is 9.96. The van der Waals surface area contributed by atoms with Crippen molar-refractivity contribution in [2.75, 3.05) is 13.1 Å². The summed E-state index contributed by atoms with van der Waals surface area (Å²) in [6, 6.07) is 1.28. The molecule has 2 unspecified atom stereocenters. The fourth-order valence-corrected chi connectivity index (χ4v) is 5.42. The molecule has 0 bridgehead atoms. The van der Waals surface area contributed by atoms with Gasteiger partial charge in [-0.2, -0.15) is 4.31 Å². The summed E-state index contributed by atoms with van der Waals surface area (Å²) in [4.78, 5) is -0.520. The van der Waals surface area contributed by atoms with Gasteiger partial charge in [-0.3, -0.25) is 0 Å². The van der Waals surface area contributed by atoms with Gasteiger partial charge in [0.15, 0.2) is 0 Å². The molecule has 2 N–H and O–H groups in total. The molecule has 0 aliphatic carbocycles. The summed E-state index contributed by atoms with van der Waals surface area (Å²) in [5, 5.41) is 0. The number of nitrogens with zero attached hydrogens (tertiary/aromatic N) is 1. The van der Waals surface area contributed by atoms with Crippen LogP contribution in [0.15, 0.2) is 21.5 Å². The van der Waals surface area contributed by atoms with Crippen LogP contribution in [0, 0.1) is 17.6 Å². The highest BCUT2D eigenvalue weighted by Crippen LogP contribution is 2.33. The van der Waals surface area contributed by atoms with Crippen LogP contribution in [0.2, 0.25) is 0 Å². The van der Waals surface area contributed by atoms with Crippen molar-refractivity contribution in [3.05, 3.63) is 28.2 Å². The average Bonchev–Trinajstić information content (AvgIpc) is 2.37. The zero-order valence-corrected chi connectivity index (χ0v) is 13.9. The van der Waals surface area contributed by atoms with Crippen molar-refractivity contribution in [3.63, 3.8) is 0 Å². The van der Waals surface area contributed by atoms with E-state index in [1.807, 2.05) is 0 Å². The average molecular weight is 383 g/mol. The number of rotatable bonds is 3. The number of piperidine rings is 1. The van der Waals surface area contributed by atoms with E-state index in [9.17, 15) is 17.2 Å². The molecule has 118 valence electrons. The third-order valence-electron chi connectivity index (χ3n) is 3.79. The molecule has 2 rings (SSSR count). The van der Waals surface area contributed by atoms with E-state index in [2.05, 4.69) is 15.9 Å². The fourth-order valence-electron chi connectivity index (χ4n) is 2.57. The Labute approximate surface area is 131 Å². The number of nitrogens with two attached hydrogens (primary N) is 1. The molecule has 0 spiro atoms. The summed E-state index contributed by atoms with van der Waals surface area (Å²) in [7, 11) is -4.04. The van der Waals surface area contributed by atoms with E-state index in [4.69, 9.17) is 5.73 Å². The van der Waals surface area contributed by atoms with Gasteiger partial charge < -0.3 is 5.73 Å². The maximum absolute atomic E-state index is 14.0. The second-order valence-electron chi connectivity index (χ2n) is 5.30. The number of benzene rings is 1. The van der Waals surface area contributed by atoms with Gasteiger partial charge in [0.05, 0.1) is 0 Å². The lowest BCUT2D eigenvalue weighted by Gasteiger charge is -2.36. The second kappa shape index (κ2) is 6.28. The van der Waals surface area contributed by atoms with E-state index in [1.54, 1.807) is 6.92 Å². The number of halogens is 3. The molecule has 1 aliphatic rings. The third-order valence-corrected chi connectivity index (χ3v) is 6.73. The Morgan fingerprint density at radius 1 is 1.38 bits per heavy atom. The molecular weight excluding hydrogens is 366 g/mol. The zero-order chi connectivity index (χ0) is 15.8. The molecule has 0 aromatic heterocycles. The first-order valence-corrected chi connectivity index (χ1v) is 8.87. The summed E-state index contributed by atoms with van der Waals surface area (Å²) >= 11 is 2.94. The molecule has 1 fully saturated rings. The predicted octanol–water partition coefficient (Wildman–Crippen LogP) is 2.48.